The molecule has 1 aromatic heterocycles. The molecule has 12 heteroatoms. The summed E-state index contributed by atoms with van der Waals surface area (Å²) in [5, 5.41) is 3.60. The molecule has 4 rings (SSSR count). The van der Waals surface area contributed by atoms with Crippen molar-refractivity contribution in [3.8, 4) is 45.4 Å². The summed E-state index contributed by atoms with van der Waals surface area (Å²) in [6.07, 6.45) is 0. The first-order valence-corrected chi connectivity index (χ1v) is 14.1. The first-order chi connectivity index (χ1) is 20.4. The van der Waals surface area contributed by atoms with Crippen molar-refractivity contribution < 1.29 is 23.7 Å². The molecule has 0 bridgehead atoms. The van der Waals surface area contributed by atoms with Gasteiger partial charge in [0.15, 0.2) is 11.5 Å². The van der Waals surface area contributed by atoms with Crippen LogP contribution in [0.4, 0.5) is 16.2 Å². The Morgan fingerprint density at radius 1 is 0.857 bits per heavy atom. The summed E-state index contributed by atoms with van der Waals surface area (Å²) in [7, 11) is 6.30. The predicted octanol–water partition coefficient (Wildman–Crippen LogP) is 5.88. The molecular formula is C30H33Cl2N5O5. The van der Waals surface area contributed by atoms with E-state index in [0.29, 0.717) is 59.2 Å². The molecule has 3 aromatic carbocycles. The molecule has 42 heavy (non-hydrogen) atoms. The number of hydrazine groups is 1. The third-order valence-electron chi connectivity index (χ3n) is 6.70. The summed E-state index contributed by atoms with van der Waals surface area (Å²) in [6, 6.07) is 16.4. The largest absolute Gasteiger partial charge is 0.497 e. The van der Waals surface area contributed by atoms with Crippen LogP contribution in [-0.4, -0.2) is 64.3 Å². The Hall–Kier alpha value is -4.12. The van der Waals surface area contributed by atoms with Gasteiger partial charge in [0.2, 0.25) is 5.75 Å². The molecule has 0 radical (unpaired) electrons. The number of anilines is 2. The fourth-order valence-corrected chi connectivity index (χ4v) is 5.17. The number of benzene rings is 3. The number of halogens is 2. The Morgan fingerprint density at radius 2 is 1.55 bits per heavy atom. The van der Waals surface area contributed by atoms with Gasteiger partial charge in [0.1, 0.15) is 5.75 Å². The molecule has 0 aliphatic heterocycles. The standard InChI is InChI=1S/C30H33Cl2N5O5/c1-39-20-6-7-24-22(16-20)21(17-25(35-24)18-13-27(40-2)29(42-4)28(14-18)41-3)23-15-19(34-30(38)36-33)5-8-26(23)37(11-9-31)12-10-32/h5-8,13-17H,9-12,33H2,1-4H3,(H2,34,36,38). The van der Waals surface area contributed by atoms with Gasteiger partial charge in [-0.3, -0.25) is 5.43 Å². The van der Waals surface area contributed by atoms with Gasteiger partial charge in [-0.2, -0.15) is 0 Å². The van der Waals surface area contributed by atoms with Gasteiger partial charge in [0.05, 0.1) is 39.6 Å². The molecule has 0 aliphatic carbocycles. The number of nitrogens with zero attached hydrogens (tertiary/aromatic N) is 2. The van der Waals surface area contributed by atoms with E-state index in [0.717, 1.165) is 33.3 Å². The Kier molecular flexibility index (Phi) is 10.4. The predicted molar refractivity (Wildman–Crippen MR) is 169 cm³/mol. The van der Waals surface area contributed by atoms with Crippen LogP contribution >= 0.6 is 23.2 Å². The van der Waals surface area contributed by atoms with Gasteiger partial charge < -0.3 is 29.2 Å². The lowest BCUT2D eigenvalue weighted by Crippen LogP contribution is -2.34. The molecule has 4 aromatic rings. The van der Waals surface area contributed by atoms with Crippen LogP contribution in [0.15, 0.2) is 54.6 Å². The highest BCUT2D eigenvalue weighted by Gasteiger charge is 2.20. The highest BCUT2D eigenvalue weighted by molar-refractivity contribution is 6.18. The third-order valence-corrected chi connectivity index (χ3v) is 7.04. The molecule has 0 unspecified atom stereocenters. The molecule has 0 atom stereocenters. The Bertz CT molecular complexity index is 1540. The van der Waals surface area contributed by atoms with Crippen molar-refractivity contribution in [2.45, 2.75) is 0 Å². The van der Waals surface area contributed by atoms with Crippen molar-refractivity contribution >= 4 is 51.5 Å². The summed E-state index contributed by atoms with van der Waals surface area (Å²) in [6.45, 7) is 1.12. The summed E-state index contributed by atoms with van der Waals surface area (Å²) in [5.74, 6) is 8.27. The first kappa shape index (κ1) is 30.8. The molecule has 0 saturated heterocycles. The van der Waals surface area contributed by atoms with Crippen LogP contribution < -0.4 is 40.4 Å². The number of pyridine rings is 1. The number of urea groups is 1. The second-order valence-electron chi connectivity index (χ2n) is 9.05. The highest BCUT2D eigenvalue weighted by atomic mass is 35.5. The number of methoxy groups -OCH3 is 4. The maximum Gasteiger partial charge on any atom is 0.333 e. The number of rotatable bonds is 12. The number of alkyl halides is 2. The average molecular weight is 615 g/mol. The van der Waals surface area contributed by atoms with E-state index in [2.05, 4.69) is 15.6 Å². The fourth-order valence-electron chi connectivity index (χ4n) is 4.76. The zero-order chi connectivity index (χ0) is 30.2. The van der Waals surface area contributed by atoms with Crippen molar-refractivity contribution in [1.82, 2.24) is 10.4 Å². The average Bonchev–Trinajstić information content (AvgIpc) is 3.02. The number of carbonyl (C=O) groups excluding carboxylic acids is 1. The van der Waals surface area contributed by atoms with Crippen molar-refractivity contribution in [2.75, 3.05) is 63.5 Å². The molecule has 0 aliphatic rings. The number of nitrogens with one attached hydrogen (secondary N) is 2. The van der Waals surface area contributed by atoms with E-state index in [-0.39, 0.29) is 0 Å². The van der Waals surface area contributed by atoms with E-state index >= 15 is 0 Å². The highest BCUT2D eigenvalue weighted by Crippen LogP contribution is 2.44. The van der Waals surface area contributed by atoms with Crippen LogP contribution in [0.3, 0.4) is 0 Å². The van der Waals surface area contributed by atoms with Gasteiger partial charge in [-0.05, 0) is 60.2 Å². The minimum atomic E-state index is -0.550. The fraction of sp³-hybridized carbons (Fsp3) is 0.267. The number of amides is 2. The number of hydrogen-bond acceptors (Lipinski definition) is 8. The van der Waals surface area contributed by atoms with Crippen molar-refractivity contribution in [1.29, 1.82) is 0 Å². The number of ether oxygens (including phenoxy) is 4. The van der Waals surface area contributed by atoms with E-state index in [1.165, 1.54) is 0 Å². The molecule has 4 N–H and O–H groups in total. The molecule has 0 fully saturated rings. The van der Waals surface area contributed by atoms with Gasteiger partial charge in [0, 0.05) is 52.7 Å². The zero-order valence-electron chi connectivity index (χ0n) is 23.8. The zero-order valence-corrected chi connectivity index (χ0v) is 25.3. The van der Waals surface area contributed by atoms with Crippen molar-refractivity contribution in [3.63, 3.8) is 0 Å². The Balaban J connectivity index is 2.06. The Labute approximate surface area is 254 Å². The SMILES string of the molecule is COc1ccc2nc(-c3cc(OC)c(OC)c(OC)c3)cc(-c3cc(NC(=O)NN)ccc3N(CCCl)CCCl)c2c1. The van der Waals surface area contributed by atoms with Crippen LogP contribution in [0, 0.1) is 0 Å². The molecule has 1 heterocycles. The molecular weight excluding hydrogens is 581 g/mol. The topological polar surface area (TPSA) is 120 Å². The number of aromatic nitrogens is 1. The second-order valence-corrected chi connectivity index (χ2v) is 9.80. The minimum Gasteiger partial charge on any atom is -0.497 e. The summed E-state index contributed by atoms with van der Waals surface area (Å²) >= 11 is 12.4. The number of nitrogens with two attached hydrogens (primary N) is 1. The monoisotopic (exact) mass is 613 g/mol. The quantitative estimate of drug-likeness (QED) is 0.0783. The van der Waals surface area contributed by atoms with Crippen molar-refractivity contribution in [2.24, 2.45) is 5.84 Å². The van der Waals surface area contributed by atoms with Gasteiger partial charge in [0.25, 0.3) is 0 Å². The Morgan fingerprint density at radius 3 is 2.12 bits per heavy atom. The summed E-state index contributed by atoms with van der Waals surface area (Å²) in [5.41, 5.74) is 7.30. The van der Waals surface area contributed by atoms with Crippen LogP contribution in [0.5, 0.6) is 23.0 Å². The minimum absolute atomic E-state index is 0.396. The third kappa shape index (κ3) is 6.51. The number of carbonyl (C=O) groups is 1. The molecule has 2 amide bonds. The van der Waals surface area contributed by atoms with Crippen molar-refractivity contribution in [3.05, 3.63) is 54.6 Å². The first-order valence-electron chi connectivity index (χ1n) is 13.0. The smallest absolute Gasteiger partial charge is 0.333 e. The van der Waals surface area contributed by atoms with E-state index in [9.17, 15) is 4.79 Å². The van der Waals surface area contributed by atoms with Gasteiger partial charge in [-0.25, -0.2) is 15.6 Å². The van der Waals surface area contributed by atoms with Crippen LogP contribution in [0.2, 0.25) is 0 Å². The maximum atomic E-state index is 12.1. The lowest BCUT2D eigenvalue weighted by atomic mass is 9.95. The molecule has 0 saturated carbocycles. The van der Waals surface area contributed by atoms with E-state index in [1.54, 1.807) is 34.5 Å². The van der Waals surface area contributed by atoms with Crippen LogP contribution in [0.25, 0.3) is 33.3 Å². The number of hydrogen-bond donors (Lipinski definition) is 3. The summed E-state index contributed by atoms with van der Waals surface area (Å²) < 4.78 is 22.3. The lowest BCUT2D eigenvalue weighted by Gasteiger charge is -2.27. The second kappa shape index (κ2) is 14.2. The van der Waals surface area contributed by atoms with Gasteiger partial charge in [-0.1, -0.05) is 0 Å². The molecule has 0 spiro atoms. The normalized spacial score (nSPS) is 10.7. The lowest BCUT2D eigenvalue weighted by molar-refractivity contribution is 0.252. The van der Waals surface area contributed by atoms with Crippen LogP contribution in [0.1, 0.15) is 0 Å². The van der Waals surface area contributed by atoms with Gasteiger partial charge >= 0.3 is 6.03 Å². The van der Waals surface area contributed by atoms with E-state index in [4.69, 9.17) is 53.0 Å². The number of fused-ring (bicyclic) bond motifs is 1. The molecule has 222 valence electrons. The maximum absolute atomic E-state index is 12.1. The van der Waals surface area contributed by atoms with Crippen LogP contribution in [-0.2, 0) is 0 Å². The van der Waals surface area contributed by atoms with Gasteiger partial charge in [-0.15, -0.1) is 23.2 Å². The molecule has 10 nitrogen and oxygen atoms in total. The van der Waals surface area contributed by atoms with E-state index < -0.39 is 6.03 Å². The summed E-state index contributed by atoms with van der Waals surface area (Å²) in [4.78, 5) is 19.2. The van der Waals surface area contributed by atoms with E-state index in [1.807, 2.05) is 48.5 Å².